The van der Waals surface area contributed by atoms with E-state index in [4.69, 9.17) is 0 Å². The van der Waals surface area contributed by atoms with Crippen molar-refractivity contribution in [2.45, 2.75) is 13.8 Å². The molecule has 0 amide bonds. The standard InChI is InChI=1S/C16H14N4O2S/c1-10-4-3-5-14-15(10)17-16(23-14)19-18-11(2)12-6-8-13(9-7-12)20(21)22/h3-9H,1-2H3,(H,17,19)/b18-11-. The van der Waals surface area contributed by atoms with Crippen molar-refractivity contribution >= 4 is 38.1 Å². The Morgan fingerprint density at radius 3 is 2.65 bits per heavy atom. The first-order chi connectivity index (χ1) is 11.0. The summed E-state index contributed by atoms with van der Waals surface area (Å²) in [6, 6.07) is 12.4. The number of benzene rings is 2. The van der Waals surface area contributed by atoms with E-state index in [0.29, 0.717) is 0 Å². The predicted octanol–water partition coefficient (Wildman–Crippen LogP) is 4.35. The molecule has 1 heterocycles. The number of nitro benzene ring substituents is 1. The molecule has 0 bridgehead atoms. The molecule has 0 aliphatic heterocycles. The summed E-state index contributed by atoms with van der Waals surface area (Å²) in [6.07, 6.45) is 0. The molecular formula is C16H14N4O2S. The van der Waals surface area contributed by atoms with Crippen molar-refractivity contribution in [3.8, 4) is 0 Å². The number of anilines is 1. The maximum absolute atomic E-state index is 10.7. The van der Waals surface area contributed by atoms with E-state index in [0.717, 1.165) is 32.2 Å². The van der Waals surface area contributed by atoms with Gasteiger partial charge in [0, 0.05) is 12.1 Å². The van der Waals surface area contributed by atoms with Gasteiger partial charge in [0.1, 0.15) is 0 Å². The SMILES string of the molecule is C/C(=N/Nc1nc2c(C)cccc2s1)c1ccc([N+](=O)[O-])cc1. The average Bonchev–Trinajstić information content (AvgIpc) is 2.97. The highest BCUT2D eigenvalue weighted by molar-refractivity contribution is 7.22. The minimum atomic E-state index is -0.419. The van der Waals surface area contributed by atoms with E-state index in [9.17, 15) is 10.1 Å². The average molecular weight is 326 g/mol. The molecule has 0 fully saturated rings. The maximum Gasteiger partial charge on any atom is 0.269 e. The lowest BCUT2D eigenvalue weighted by molar-refractivity contribution is -0.384. The Labute approximate surface area is 136 Å². The van der Waals surface area contributed by atoms with Crippen LogP contribution < -0.4 is 5.43 Å². The van der Waals surface area contributed by atoms with Gasteiger partial charge in [-0.2, -0.15) is 5.10 Å². The Bertz CT molecular complexity index is 900. The number of rotatable bonds is 4. The van der Waals surface area contributed by atoms with Crippen LogP contribution in [-0.2, 0) is 0 Å². The molecule has 6 nitrogen and oxygen atoms in total. The fourth-order valence-corrected chi connectivity index (χ4v) is 3.04. The molecule has 0 aliphatic rings. The Kier molecular flexibility index (Phi) is 4.03. The zero-order valence-corrected chi connectivity index (χ0v) is 13.4. The first kappa shape index (κ1) is 15.1. The lowest BCUT2D eigenvalue weighted by Gasteiger charge is -2.01. The molecule has 0 saturated carbocycles. The molecule has 7 heteroatoms. The number of nitrogens with zero attached hydrogens (tertiary/aromatic N) is 3. The van der Waals surface area contributed by atoms with Crippen LogP contribution >= 0.6 is 11.3 Å². The van der Waals surface area contributed by atoms with Crippen molar-refractivity contribution in [3.05, 3.63) is 63.7 Å². The maximum atomic E-state index is 10.7. The first-order valence-electron chi connectivity index (χ1n) is 6.96. The number of hydrazone groups is 1. The normalized spacial score (nSPS) is 11.7. The molecule has 2 aromatic carbocycles. The number of fused-ring (bicyclic) bond motifs is 1. The van der Waals surface area contributed by atoms with Crippen molar-refractivity contribution in [2.24, 2.45) is 5.10 Å². The Balaban J connectivity index is 1.80. The summed E-state index contributed by atoms with van der Waals surface area (Å²) in [4.78, 5) is 14.8. The van der Waals surface area contributed by atoms with Crippen molar-refractivity contribution in [2.75, 3.05) is 5.43 Å². The van der Waals surface area contributed by atoms with Gasteiger partial charge in [-0.15, -0.1) is 0 Å². The van der Waals surface area contributed by atoms with Crippen LogP contribution in [0.2, 0.25) is 0 Å². The van der Waals surface area contributed by atoms with E-state index in [1.807, 2.05) is 32.0 Å². The molecule has 1 aromatic heterocycles. The third-order valence-corrected chi connectivity index (χ3v) is 4.36. The number of non-ortho nitro benzene ring substituents is 1. The van der Waals surface area contributed by atoms with E-state index in [1.54, 1.807) is 12.1 Å². The van der Waals surface area contributed by atoms with E-state index in [1.165, 1.54) is 23.5 Å². The summed E-state index contributed by atoms with van der Waals surface area (Å²) >= 11 is 1.54. The molecule has 3 rings (SSSR count). The highest BCUT2D eigenvalue weighted by atomic mass is 32.1. The van der Waals surface area contributed by atoms with Crippen LogP contribution in [0.3, 0.4) is 0 Å². The van der Waals surface area contributed by atoms with Gasteiger partial charge in [-0.25, -0.2) is 4.98 Å². The van der Waals surface area contributed by atoms with Gasteiger partial charge >= 0.3 is 0 Å². The molecule has 1 N–H and O–H groups in total. The van der Waals surface area contributed by atoms with Gasteiger partial charge in [0.2, 0.25) is 5.13 Å². The highest BCUT2D eigenvalue weighted by Crippen LogP contribution is 2.27. The number of para-hydroxylation sites is 1. The van der Waals surface area contributed by atoms with Crippen molar-refractivity contribution in [1.29, 1.82) is 0 Å². The Hall–Kier alpha value is -2.80. The van der Waals surface area contributed by atoms with Crippen LogP contribution in [0.4, 0.5) is 10.8 Å². The van der Waals surface area contributed by atoms with Crippen LogP contribution in [0, 0.1) is 17.0 Å². The largest absolute Gasteiger partial charge is 0.269 e. The molecule has 0 spiro atoms. The fourth-order valence-electron chi connectivity index (χ4n) is 2.15. The molecule has 0 atom stereocenters. The second-order valence-electron chi connectivity index (χ2n) is 5.05. The minimum absolute atomic E-state index is 0.0659. The summed E-state index contributed by atoms with van der Waals surface area (Å²) in [6.45, 7) is 3.87. The topological polar surface area (TPSA) is 80.4 Å². The minimum Gasteiger partial charge on any atom is -0.258 e. The summed E-state index contributed by atoms with van der Waals surface area (Å²) in [5.41, 5.74) is 6.68. The number of nitro groups is 1. The molecule has 3 aromatic rings. The smallest absolute Gasteiger partial charge is 0.258 e. The van der Waals surface area contributed by atoms with Crippen molar-refractivity contribution in [1.82, 2.24) is 4.98 Å². The van der Waals surface area contributed by atoms with Crippen LogP contribution in [0.1, 0.15) is 18.1 Å². The molecule has 0 radical (unpaired) electrons. The second kappa shape index (κ2) is 6.13. The first-order valence-corrected chi connectivity index (χ1v) is 7.77. The molecular weight excluding hydrogens is 312 g/mol. The number of nitrogens with one attached hydrogen (secondary N) is 1. The number of hydrogen-bond acceptors (Lipinski definition) is 6. The van der Waals surface area contributed by atoms with Crippen molar-refractivity contribution < 1.29 is 4.92 Å². The van der Waals surface area contributed by atoms with Gasteiger partial charge in [-0.3, -0.25) is 15.5 Å². The number of aryl methyl sites for hydroxylation is 1. The van der Waals surface area contributed by atoms with Gasteiger partial charge in [0.05, 0.1) is 20.9 Å². The highest BCUT2D eigenvalue weighted by Gasteiger charge is 2.07. The summed E-state index contributed by atoms with van der Waals surface area (Å²) in [5.74, 6) is 0. The fraction of sp³-hybridized carbons (Fsp3) is 0.125. The summed E-state index contributed by atoms with van der Waals surface area (Å²) < 4.78 is 1.11. The monoisotopic (exact) mass is 326 g/mol. The van der Waals surface area contributed by atoms with Gasteiger partial charge in [0.25, 0.3) is 5.69 Å². The molecule has 23 heavy (non-hydrogen) atoms. The second-order valence-corrected chi connectivity index (χ2v) is 6.08. The van der Waals surface area contributed by atoms with Gasteiger partial charge < -0.3 is 0 Å². The zero-order chi connectivity index (χ0) is 16.4. The predicted molar refractivity (Wildman–Crippen MR) is 93.3 cm³/mol. The third kappa shape index (κ3) is 3.19. The third-order valence-electron chi connectivity index (χ3n) is 3.44. The summed E-state index contributed by atoms with van der Waals surface area (Å²) in [7, 11) is 0. The van der Waals surface area contributed by atoms with E-state index in [-0.39, 0.29) is 5.69 Å². The Morgan fingerprint density at radius 2 is 2.00 bits per heavy atom. The van der Waals surface area contributed by atoms with E-state index in [2.05, 4.69) is 15.5 Å². The van der Waals surface area contributed by atoms with E-state index >= 15 is 0 Å². The number of aromatic nitrogens is 1. The number of hydrogen-bond donors (Lipinski definition) is 1. The van der Waals surface area contributed by atoms with E-state index < -0.39 is 4.92 Å². The summed E-state index contributed by atoms with van der Waals surface area (Å²) in [5, 5.41) is 15.7. The van der Waals surface area contributed by atoms with Crippen molar-refractivity contribution in [3.63, 3.8) is 0 Å². The lowest BCUT2D eigenvalue weighted by Crippen LogP contribution is -1.99. The van der Waals surface area contributed by atoms with Gasteiger partial charge in [-0.05, 0) is 43.2 Å². The van der Waals surface area contributed by atoms with Crippen LogP contribution in [-0.4, -0.2) is 15.6 Å². The zero-order valence-electron chi connectivity index (χ0n) is 12.6. The molecule has 0 unspecified atom stereocenters. The molecule has 0 saturated heterocycles. The molecule has 116 valence electrons. The van der Waals surface area contributed by atoms with Gasteiger partial charge in [-0.1, -0.05) is 23.5 Å². The lowest BCUT2D eigenvalue weighted by atomic mass is 10.1. The Morgan fingerprint density at radius 1 is 1.26 bits per heavy atom. The molecule has 0 aliphatic carbocycles. The van der Waals surface area contributed by atoms with Crippen LogP contribution in [0.5, 0.6) is 0 Å². The van der Waals surface area contributed by atoms with Gasteiger partial charge in [0.15, 0.2) is 0 Å². The quantitative estimate of drug-likeness (QED) is 0.439. The van der Waals surface area contributed by atoms with Crippen LogP contribution in [0.15, 0.2) is 47.6 Å². The van der Waals surface area contributed by atoms with Crippen LogP contribution in [0.25, 0.3) is 10.2 Å². The number of thiazole rings is 1.